The normalized spacial score (nSPS) is 10.5. The molecule has 98 valence electrons. The third kappa shape index (κ3) is 3.89. The first-order valence-electron chi connectivity index (χ1n) is 6.09. The molecule has 0 spiro atoms. The minimum absolute atomic E-state index is 0.124. The van der Waals surface area contributed by atoms with Crippen LogP contribution in [-0.2, 0) is 0 Å². The highest BCUT2D eigenvalue weighted by Crippen LogP contribution is 2.18. The molecule has 3 nitrogen and oxygen atoms in total. The second-order valence-electron chi connectivity index (χ2n) is 4.47. The number of rotatable bonds is 4. The van der Waals surface area contributed by atoms with Crippen molar-refractivity contribution in [2.45, 2.75) is 25.8 Å². The Kier molecular flexibility index (Phi) is 4.32. The first-order valence-corrected chi connectivity index (χ1v) is 7.08. The van der Waals surface area contributed by atoms with Crippen LogP contribution in [0.2, 0.25) is 0 Å². The Bertz CT molecular complexity index is 573. The molecule has 4 heteroatoms. The molecule has 0 amide bonds. The summed E-state index contributed by atoms with van der Waals surface area (Å²) in [6.45, 7) is 5.80. The van der Waals surface area contributed by atoms with Gasteiger partial charge in [0.15, 0.2) is 5.78 Å². The van der Waals surface area contributed by atoms with Gasteiger partial charge in [-0.15, -0.1) is 0 Å². The lowest BCUT2D eigenvalue weighted by Crippen LogP contribution is -2.03. The van der Waals surface area contributed by atoms with Gasteiger partial charge in [0.1, 0.15) is 10.9 Å². The maximum Gasteiger partial charge on any atom is 0.173 e. The van der Waals surface area contributed by atoms with Gasteiger partial charge in [0.2, 0.25) is 0 Å². The minimum atomic E-state index is 0.124. The Hall–Kier alpha value is -1.68. The number of benzene rings is 1. The number of hydrogen-bond donors (Lipinski definition) is 0. The van der Waals surface area contributed by atoms with Crippen LogP contribution in [0.1, 0.15) is 27.4 Å². The van der Waals surface area contributed by atoms with Gasteiger partial charge in [0.25, 0.3) is 0 Å². The van der Waals surface area contributed by atoms with Crippen molar-refractivity contribution in [3.8, 4) is 0 Å². The van der Waals surface area contributed by atoms with Crippen molar-refractivity contribution in [1.82, 2.24) is 9.97 Å². The highest BCUT2D eigenvalue weighted by molar-refractivity contribution is 7.99. The molecule has 0 N–H and O–H groups in total. The summed E-state index contributed by atoms with van der Waals surface area (Å²) in [5.74, 6) is 1.27. The summed E-state index contributed by atoms with van der Waals surface area (Å²) in [5.41, 5.74) is 2.84. The predicted octanol–water partition coefficient (Wildman–Crippen LogP) is 3.38. The van der Waals surface area contributed by atoms with E-state index in [-0.39, 0.29) is 5.78 Å². The van der Waals surface area contributed by atoms with E-state index in [4.69, 9.17) is 0 Å². The van der Waals surface area contributed by atoms with E-state index >= 15 is 0 Å². The zero-order chi connectivity index (χ0) is 13.8. The lowest BCUT2D eigenvalue weighted by molar-refractivity contribution is 0.102. The van der Waals surface area contributed by atoms with E-state index < -0.39 is 0 Å². The molecule has 0 radical (unpaired) electrons. The Balaban J connectivity index is 2.02. The Morgan fingerprint density at radius 1 is 1.11 bits per heavy atom. The van der Waals surface area contributed by atoms with Gasteiger partial charge < -0.3 is 0 Å². The Labute approximate surface area is 117 Å². The molecule has 0 fully saturated rings. The maximum atomic E-state index is 12.0. The van der Waals surface area contributed by atoms with Gasteiger partial charge in [-0.2, -0.15) is 0 Å². The standard InChI is InChI=1S/C15H16N2OS/c1-10-4-6-13(7-5-10)14(18)9-19-15-8-11(2)16-12(3)17-15/h4-8H,9H2,1-3H3. The quantitative estimate of drug-likeness (QED) is 0.486. The van der Waals surface area contributed by atoms with E-state index in [0.29, 0.717) is 5.75 Å². The van der Waals surface area contributed by atoms with E-state index in [1.165, 1.54) is 11.8 Å². The monoisotopic (exact) mass is 272 g/mol. The van der Waals surface area contributed by atoms with E-state index in [2.05, 4.69) is 9.97 Å². The van der Waals surface area contributed by atoms with Crippen molar-refractivity contribution in [3.05, 3.63) is 53.0 Å². The number of aryl methyl sites for hydroxylation is 3. The smallest absolute Gasteiger partial charge is 0.173 e. The van der Waals surface area contributed by atoms with E-state index in [9.17, 15) is 4.79 Å². The number of ketones is 1. The average molecular weight is 272 g/mol. The van der Waals surface area contributed by atoms with Gasteiger partial charge in [-0.3, -0.25) is 4.79 Å². The third-order valence-electron chi connectivity index (χ3n) is 2.67. The Morgan fingerprint density at radius 2 is 1.79 bits per heavy atom. The molecule has 0 aliphatic rings. The van der Waals surface area contributed by atoms with Crippen LogP contribution >= 0.6 is 11.8 Å². The topological polar surface area (TPSA) is 42.9 Å². The van der Waals surface area contributed by atoms with Crippen LogP contribution in [0.5, 0.6) is 0 Å². The van der Waals surface area contributed by atoms with Crippen molar-refractivity contribution in [1.29, 1.82) is 0 Å². The summed E-state index contributed by atoms with van der Waals surface area (Å²) in [6.07, 6.45) is 0. The average Bonchev–Trinajstić information content (AvgIpc) is 2.36. The lowest BCUT2D eigenvalue weighted by Gasteiger charge is -2.03. The van der Waals surface area contributed by atoms with Crippen molar-refractivity contribution in [2.75, 3.05) is 5.75 Å². The van der Waals surface area contributed by atoms with E-state index in [1.807, 2.05) is 51.1 Å². The molecule has 2 rings (SSSR count). The first-order chi connectivity index (χ1) is 9.04. The molecule has 2 aromatic rings. The maximum absolute atomic E-state index is 12.0. The zero-order valence-corrected chi connectivity index (χ0v) is 12.1. The molecule has 1 aromatic heterocycles. The molecule has 0 atom stereocenters. The number of carbonyl (C=O) groups is 1. The SMILES string of the molecule is Cc1ccc(C(=O)CSc2cc(C)nc(C)n2)cc1. The number of hydrogen-bond acceptors (Lipinski definition) is 4. The predicted molar refractivity (Wildman–Crippen MR) is 77.7 cm³/mol. The van der Waals surface area contributed by atoms with Crippen molar-refractivity contribution in [3.63, 3.8) is 0 Å². The summed E-state index contributed by atoms with van der Waals surface area (Å²) < 4.78 is 0. The molecule has 0 aliphatic heterocycles. The molecular formula is C15H16N2OS. The third-order valence-corrected chi connectivity index (χ3v) is 3.58. The van der Waals surface area contributed by atoms with Gasteiger partial charge in [-0.05, 0) is 26.8 Å². The van der Waals surface area contributed by atoms with E-state index in [1.54, 1.807) is 0 Å². The second-order valence-corrected chi connectivity index (χ2v) is 5.47. The molecule has 1 aromatic carbocycles. The van der Waals surface area contributed by atoms with Crippen molar-refractivity contribution < 1.29 is 4.79 Å². The number of Topliss-reactive ketones (excluding diaryl/α,β-unsaturated/α-hetero) is 1. The van der Waals surface area contributed by atoms with Crippen LogP contribution in [0.15, 0.2) is 35.4 Å². The Morgan fingerprint density at radius 3 is 2.42 bits per heavy atom. The number of carbonyl (C=O) groups excluding carboxylic acids is 1. The van der Waals surface area contributed by atoms with Gasteiger partial charge in [0.05, 0.1) is 5.75 Å². The molecular weight excluding hydrogens is 256 g/mol. The number of aromatic nitrogens is 2. The fourth-order valence-corrected chi connectivity index (χ4v) is 2.62. The van der Waals surface area contributed by atoms with Crippen LogP contribution in [0.25, 0.3) is 0 Å². The molecule has 0 unspecified atom stereocenters. The zero-order valence-electron chi connectivity index (χ0n) is 11.3. The first kappa shape index (κ1) is 13.7. The van der Waals surface area contributed by atoms with Crippen LogP contribution in [-0.4, -0.2) is 21.5 Å². The second kappa shape index (κ2) is 5.97. The number of nitrogens with zero attached hydrogens (tertiary/aromatic N) is 2. The fraction of sp³-hybridized carbons (Fsp3) is 0.267. The molecule has 0 saturated heterocycles. The van der Waals surface area contributed by atoms with Crippen molar-refractivity contribution in [2.24, 2.45) is 0 Å². The van der Waals surface area contributed by atoms with Crippen molar-refractivity contribution >= 4 is 17.5 Å². The summed E-state index contributed by atoms with van der Waals surface area (Å²) >= 11 is 1.46. The highest BCUT2D eigenvalue weighted by atomic mass is 32.2. The highest BCUT2D eigenvalue weighted by Gasteiger charge is 2.07. The summed E-state index contributed by atoms with van der Waals surface area (Å²) in [4.78, 5) is 20.6. The molecule has 1 heterocycles. The van der Waals surface area contributed by atoms with Gasteiger partial charge in [-0.25, -0.2) is 9.97 Å². The summed E-state index contributed by atoms with van der Waals surface area (Å²) in [5, 5.41) is 0.852. The van der Waals surface area contributed by atoms with Crippen LogP contribution in [0.3, 0.4) is 0 Å². The largest absolute Gasteiger partial charge is 0.293 e. The van der Waals surface area contributed by atoms with Crippen LogP contribution < -0.4 is 0 Å². The summed E-state index contributed by atoms with van der Waals surface area (Å²) in [7, 11) is 0. The molecule has 19 heavy (non-hydrogen) atoms. The minimum Gasteiger partial charge on any atom is -0.293 e. The molecule has 0 aliphatic carbocycles. The van der Waals surface area contributed by atoms with Gasteiger partial charge in [-0.1, -0.05) is 41.6 Å². The van der Waals surface area contributed by atoms with Crippen LogP contribution in [0.4, 0.5) is 0 Å². The summed E-state index contributed by atoms with van der Waals surface area (Å²) in [6, 6.07) is 9.55. The van der Waals surface area contributed by atoms with Gasteiger partial charge >= 0.3 is 0 Å². The fourth-order valence-electron chi connectivity index (χ4n) is 1.72. The van der Waals surface area contributed by atoms with Gasteiger partial charge in [0, 0.05) is 11.3 Å². The lowest BCUT2D eigenvalue weighted by atomic mass is 10.1. The van der Waals surface area contributed by atoms with E-state index in [0.717, 1.165) is 27.7 Å². The number of thioether (sulfide) groups is 1. The molecule has 0 saturated carbocycles. The molecule has 0 bridgehead atoms. The van der Waals surface area contributed by atoms with Crippen LogP contribution in [0, 0.1) is 20.8 Å².